The molecular weight excluding hydrogens is 452 g/mol. The van der Waals surface area contributed by atoms with Crippen molar-refractivity contribution >= 4 is 23.7 Å². The molecular formula is C19H28N8O7. The number of aromatic nitrogens is 4. The van der Waals surface area contributed by atoms with Crippen LogP contribution in [0.25, 0.3) is 0 Å². The number of carbonyl (C=O) groups is 4. The van der Waals surface area contributed by atoms with Gasteiger partial charge >= 0.3 is 5.97 Å². The van der Waals surface area contributed by atoms with Gasteiger partial charge in [-0.05, 0) is 6.92 Å². The van der Waals surface area contributed by atoms with Crippen LogP contribution < -0.4 is 21.7 Å². The first-order valence-electron chi connectivity index (χ1n) is 10.2. The van der Waals surface area contributed by atoms with Gasteiger partial charge in [0, 0.05) is 36.6 Å². The van der Waals surface area contributed by atoms with E-state index < -0.39 is 60.6 Å². The number of carbonyl (C=O) groups excluding carboxylic acids is 3. The molecule has 0 bridgehead atoms. The normalized spacial score (nSPS) is 15.4. The Morgan fingerprint density at radius 3 is 1.79 bits per heavy atom. The first-order valence-corrected chi connectivity index (χ1v) is 10.2. The number of carboxylic acids is 1. The standard InChI is InChI=1S/C19H28N8O7/c1-9(29)15(19(33)34)27-18(32)14(3-11-5-22-8-24-11)26-17(31)13(2-10-4-21-7-23-10)25-16(30)12(20)6-28/h4-5,7-9,12-15,28-29H,2-3,6,20H2,1H3,(H,21,23)(H,22,24)(H,25,30)(H,26,31)(H,27,32)(H,33,34). The zero-order valence-electron chi connectivity index (χ0n) is 18.3. The number of hydrogen-bond acceptors (Lipinski definition) is 9. The summed E-state index contributed by atoms with van der Waals surface area (Å²) in [6, 6.07) is -5.39. The first kappa shape index (κ1) is 26.4. The minimum atomic E-state index is -1.61. The largest absolute Gasteiger partial charge is 0.480 e. The fraction of sp³-hybridized carbons (Fsp3) is 0.474. The van der Waals surface area contributed by atoms with Crippen molar-refractivity contribution in [3.8, 4) is 0 Å². The summed E-state index contributed by atoms with van der Waals surface area (Å²) in [6.07, 6.45) is 4.05. The third-order valence-electron chi connectivity index (χ3n) is 4.80. The van der Waals surface area contributed by atoms with E-state index in [9.17, 15) is 29.4 Å². The second-order valence-corrected chi connectivity index (χ2v) is 7.54. The van der Waals surface area contributed by atoms with Gasteiger partial charge in [-0.3, -0.25) is 14.4 Å². The summed E-state index contributed by atoms with van der Waals surface area (Å²) < 4.78 is 0. The minimum absolute atomic E-state index is 0.0421. The Morgan fingerprint density at radius 2 is 1.41 bits per heavy atom. The molecule has 15 nitrogen and oxygen atoms in total. The minimum Gasteiger partial charge on any atom is -0.480 e. The maximum Gasteiger partial charge on any atom is 0.328 e. The van der Waals surface area contributed by atoms with E-state index in [1.165, 1.54) is 32.0 Å². The third kappa shape index (κ3) is 7.65. The van der Waals surface area contributed by atoms with E-state index in [-0.39, 0.29) is 12.8 Å². The summed E-state index contributed by atoms with van der Waals surface area (Å²) in [7, 11) is 0. The van der Waals surface area contributed by atoms with E-state index in [4.69, 9.17) is 10.8 Å². The lowest BCUT2D eigenvalue weighted by Crippen LogP contribution is -2.59. The number of aromatic amines is 2. The molecule has 186 valence electrons. The van der Waals surface area contributed by atoms with Crippen LogP contribution in [0.5, 0.6) is 0 Å². The number of imidazole rings is 2. The lowest BCUT2D eigenvalue weighted by atomic mass is 10.1. The predicted octanol–water partition coefficient (Wildman–Crippen LogP) is -3.84. The quantitative estimate of drug-likeness (QED) is 0.135. The summed E-state index contributed by atoms with van der Waals surface area (Å²) in [4.78, 5) is 62.8. The van der Waals surface area contributed by atoms with Crippen molar-refractivity contribution in [1.29, 1.82) is 0 Å². The smallest absolute Gasteiger partial charge is 0.328 e. The predicted molar refractivity (Wildman–Crippen MR) is 115 cm³/mol. The first-order chi connectivity index (χ1) is 16.1. The maximum atomic E-state index is 13.1. The topological polar surface area (TPSA) is 248 Å². The highest BCUT2D eigenvalue weighted by molar-refractivity contribution is 5.94. The SMILES string of the molecule is CC(O)C(NC(=O)C(Cc1cnc[nH]1)NC(=O)C(Cc1cnc[nH]1)NC(=O)C(N)CO)C(=O)O. The Balaban J connectivity index is 2.23. The van der Waals surface area contributed by atoms with Gasteiger partial charge in [-0.15, -0.1) is 0 Å². The van der Waals surface area contributed by atoms with Crippen LogP contribution in [0.3, 0.4) is 0 Å². The number of rotatable bonds is 13. The molecule has 2 aromatic rings. The molecule has 0 aliphatic heterocycles. The van der Waals surface area contributed by atoms with Gasteiger partial charge < -0.3 is 47.0 Å². The molecule has 5 atom stereocenters. The number of amides is 3. The molecule has 0 fully saturated rings. The van der Waals surface area contributed by atoms with Gasteiger partial charge in [0.05, 0.1) is 25.4 Å². The molecule has 0 aromatic carbocycles. The molecule has 10 N–H and O–H groups in total. The Labute approximate surface area is 193 Å². The lowest BCUT2D eigenvalue weighted by Gasteiger charge is -2.25. The summed E-state index contributed by atoms with van der Waals surface area (Å²) in [5, 5.41) is 35.1. The number of aliphatic hydroxyl groups is 2. The Kier molecular flexibility index (Phi) is 9.66. The number of nitrogens with one attached hydrogen (secondary N) is 5. The fourth-order valence-electron chi connectivity index (χ4n) is 2.93. The van der Waals surface area contributed by atoms with Gasteiger partial charge in [0.2, 0.25) is 17.7 Å². The number of hydrogen-bond donors (Lipinski definition) is 9. The zero-order valence-corrected chi connectivity index (χ0v) is 18.3. The van der Waals surface area contributed by atoms with Crippen LogP contribution in [0.2, 0.25) is 0 Å². The molecule has 2 aromatic heterocycles. The van der Waals surface area contributed by atoms with Crippen molar-refractivity contribution in [2.45, 2.75) is 50.0 Å². The van der Waals surface area contributed by atoms with Gasteiger partial charge in [-0.1, -0.05) is 0 Å². The van der Waals surface area contributed by atoms with E-state index in [0.717, 1.165) is 0 Å². The molecule has 0 aliphatic rings. The van der Waals surface area contributed by atoms with Crippen LogP contribution in [0, 0.1) is 0 Å². The molecule has 0 saturated carbocycles. The molecule has 0 aliphatic carbocycles. The summed E-state index contributed by atoms with van der Waals surface area (Å²) in [5.74, 6) is -3.92. The lowest BCUT2D eigenvalue weighted by molar-refractivity contribution is -0.145. The maximum absolute atomic E-state index is 13.1. The van der Waals surface area contributed by atoms with Crippen molar-refractivity contribution in [3.05, 3.63) is 36.4 Å². The van der Waals surface area contributed by atoms with Crippen molar-refractivity contribution in [2.75, 3.05) is 6.61 Å². The van der Waals surface area contributed by atoms with Crippen molar-refractivity contribution in [1.82, 2.24) is 35.9 Å². The van der Waals surface area contributed by atoms with E-state index in [2.05, 4.69) is 35.9 Å². The number of nitrogens with zero attached hydrogens (tertiary/aromatic N) is 2. The van der Waals surface area contributed by atoms with Gasteiger partial charge in [0.25, 0.3) is 0 Å². The van der Waals surface area contributed by atoms with Crippen LogP contribution in [0.15, 0.2) is 25.0 Å². The fourth-order valence-corrected chi connectivity index (χ4v) is 2.93. The molecule has 2 rings (SSSR count). The average molecular weight is 480 g/mol. The average Bonchev–Trinajstić information content (AvgIpc) is 3.49. The molecule has 5 unspecified atom stereocenters. The van der Waals surface area contributed by atoms with Crippen LogP contribution in [0.1, 0.15) is 18.3 Å². The molecule has 0 spiro atoms. The van der Waals surface area contributed by atoms with E-state index in [1.54, 1.807) is 0 Å². The molecule has 34 heavy (non-hydrogen) atoms. The molecule has 0 saturated heterocycles. The van der Waals surface area contributed by atoms with Gasteiger partial charge in [0.1, 0.15) is 18.1 Å². The number of carboxylic acid groups (broad SMARTS) is 1. The highest BCUT2D eigenvalue weighted by Gasteiger charge is 2.32. The van der Waals surface area contributed by atoms with Crippen molar-refractivity contribution in [3.63, 3.8) is 0 Å². The van der Waals surface area contributed by atoms with Crippen molar-refractivity contribution in [2.24, 2.45) is 5.73 Å². The third-order valence-corrected chi connectivity index (χ3v) is 4.80. The van der Waals surface area contributed by atoms with Gasteiger partial charge in [0.15, 0.2) is 6.04 Å². The Hall–Kier alpha value is -3.82. The van der Waals surface area contributed by atoms with E-state index >= 15 is 0 Å². The van der Waals surface area contributed by atoms with Crippen LogP contribution >= 0.6 is 0 Å². The molecule has 3 amide bonds. The van der Waals surface area contributed by atoms with Gasteiger partial charge in [-0.2, -0.15) is 0 Å². The van der Waals surface area contributed by atoms with Crippen LogP contribution in [-0.4, -0.2) is 95.8 Å². The highest BCUT2D eigenvalue weighted by Crippen LogP contribution is 2.05. The molecule has 15 heteroatoms. The summed E-state index contributed by atoms with van der Waals surface area (Å²) in [5.41, 5.74) is 6.47. The van der Waals surface area contributed by atoms with Crippen LogP contribution in [-0.2, 0) is 32.0 Å². The summed E-state index contributed by atoms with van der Waals surface area (Å²) >= 11 is 0. The van der Waals surface area contributed by atoms with Crippen LogP contribution in [0.4, 0.5) is 0 Å². The molecule has 2 heterocycles. The second-order valence-electron chi connectivity index (χ2n) is 7.54. The summed E-state index contributed by atoms with van der Waals surface area (Å²) in [6.45, 7) is 0.549. The second kappa shape index (κ2) is 12.4. The Morgan fingerprint density at radius 1 is 0.941 bits per heavy atom. The monoisotopic (exact) mass is 480 g/mol. The number of aliphatic carboxylic acids is 1. The number of aliphatic hydroxyl groups excluding tert-OH is 2. The molecule has 0 radical (unpaired) electrons. The highest BCUT2D eigenvalue weighted by atomic mass is 16.4. The van der Waals surface area contributed by atoms with Gasteiger partial charge in [-0.25, -0.2) is 14.8 Å². The zero-order chi connectivity index (χ0) is 25.3. The Bertz CT molecular complexity index is 948. The number of nitrogens with two attached hydrogens (primary N) is 1. The van der Waals surface area contributed by atoms with Crippen molar-refractivity contribution < 1.29 is 34.5 Å². The van der Waals surface area contributed by atoms with E-state index in [1.807, 2.05) is 0 Å². The van der Waals surface area contributed by atoms with E-state index in [0.29, 0.717) is 11.4 Å². The number of H-pyrrole nitrogens is 2.